The van der Waals surface area contributed by atoms with Crippen LogP contribution in [0.1, 0.15) is 48.1 Å². The van der Waals surface area contributed by atoms with Crippen molar-refractivity contribution in [3.8, 4) is 0 Å². The van der Waals surface area contributed by atoms with E-state index in [1.54, 1.807) is 6.20 Å². The van der Waals surface area contributed by atoms with Crippen molar-refractivity contribution in [3.05, 3.63) is 39.8 Å². The highest BCUT2D eigenvalue weighted by Crippen LogP contribution is 2.30. The number of fused-ring (bicyclic) bond motifs is 3. The molecule has 0 aliphatic carbocycles. The highest BCUT2D eigenvalue weighted by atomic mass is 16.5. The topological polar surface area (TPSA) is 89.5 Å². The largest absolute Gasteiger partial charge is 0.379 e. The zero-order valence-corrected chi connectivity index (χ0v) is 18.0. The standard InChI is InChI=1S/C23H28N4O4/c1-3-31-16-4-7-26(8-5-16)23(29)17-11-18-20(10-14(17)2)25-22(28)19-12-24-27(21(18)19)15-6-9-30-13-15/h10-12,15-16H,3-9,13H2,1-2H3,(H,25,28)/t15-/m0/s1. The third-order valence-corrected chi connectivity index (χ3v) is 6.52. The maximum absolute atomic E-state index is 13.4. The minimum absolute atomic E-state index is 0.0314. The number of hydrogen-bond acceptors (Lipinski definition) is 5. The summed E-state index contributed by atoms with van der Waals surface area (Å²) < 4.78 is 13.2. The van der Waals surface area contributed by atoms with E-state index in [1.807, 2.05) is 35.6 Å². The summed E-state index contributed by atoms with van der Waals surface area (Å²) in [4.78, 5) is 30.9. The molecule has 0 unspecified atom stereocenters. The molecule has 0 spiro atoms. The maximum Gasteiger partial charge on any atom is 0.259 e. The first kappa shape index (κ1) is 20.2. The molecule has 2 aromatic heterocycles. The van der Waals surface area contributed by atoms with Crippen LogP contribution in [-0.4, -0.2) is 64.6 Å². The number of nitrogens with one attached hydrogen (secondary N) is 1. The molecule has 8 nitrogen and oxygen atoms in total. The van der Waals surface area contributed by atoms with E-state index >= 15 is 0 Å². The monoisotopic (exact) mass is 424 g/mol. The molecule has 1 aromatic carbocycles. The zero-order chi connectivity index (χ0) is 21.5. The normalized spacial score (nSPS) is 20.2. The van der Waals surface area contributed by atoms with Crippen molar-refractivity contribution >= 4 is 27.7 Å². The first-order chi connectivity index (χ1) is 15.1. The van der Waals surface area contributed by atoms with Gasteiger partial charge in [0.2, 0.25) is 0 Å². The second kappa shape index (κ2) is 8.09. The van der Waals surface area contributed by atoms with Gasteiger partial charge in [-0.3, -0.25) is 14.3 Å². The number of benzene rings is 1. The minimum Gasteiger partial charge on any atom is -0.379 e. The molecular formula is C23H28N4O4. The highest BCUT2D eigenvalue weighted by Gasteiger charge is 2.27. The summed E-state index contributed by atoms with van der Waals surface area (Å²) in [6.45, 7) is 7.29. The highest BCUT2D eigenvalue weighted by molar-refractivity contribution is 6.07. The number of nitrogens with zero attached hydrogens (tertiary/aromatic N) is 3. The van der Waals surface area contributed by atoms with Crippen LogP contribution in [0.15, 0.2) is 23.1 Å². The SMILES string of the molecule is CCOC1CCN(C(=O)c2cc3c(cc2C)[nH]c(=O)c2cnn([C@H]4CCOC4)c23)CC1. The summed E-state index contributed by atoms with van der Waals surface area (Å²) in [5, 5.41) is 5.89. The van der Waals surface area contributed by atoms with Crippen LogP contribution in [0, 0.1) is 6.92 Å². The average Bonchev–Trinajstić information content (AvgIpc) is 3.44. The minimum atomic E-state index is -0.163. The number of H-pyrrole nitrogens is 1. The Morgan fingerprint density at radius 2 is 2.06 bits per heavy atom. The molecule has 0 radical (unpaired) electrons. The number of pyridine rings is 1. The van der Waals surface area contributed by atoms with E-state index in [0.29, 0.717) is 43.9 Å². The van der Waals surface area contributed by atoms with Gasteiger partial charge in [0, 0.05) is 37.3 Å². The van der Waals surface area contributed by atoms with Gasteiger partial charge in [-0.1, -0.05) is 0 Å². The molecule has 2 saturated heterocycles. The Morgan fingerprint density at radius 1 is 1.26 bits per heavy atom. The Morgan fingerprint density at radius 3 is 2.77 bits per heavy atom. The smallest absolute Gasteiger partial charge is 0.259 e. The molecule has 8 heteroatoms. The van der Waals surface area contributed by atoms with Crippen molar-refractivity contribution in [1.29, 1.82) is 0 Å². The number of carbonyl (C=O) groups excluding carboxylic acids is 1. The van der Waals surface area contributed by atoms with Crippen LogP contribution < -0.4 is 5.56 Å². The lowest BCUT2D eigenvalue weighted by atomic mass is 10.0. The zero-order valence-electron chi connectivity index (χ0n) is 18.0. The lowest BCUT2D eigenvalue weighted by molar-refractivity contribution is 0.0146. The third kappa shape index (κ3) is 3.53. The molecule has 1 N–H and O–H groups in total. The Bertz CT molecular complexity index is 1180. The number of carbonyl (C=O) groups is 1. The van der Waals surface area contributed by atoms with E-state index < -0.39 is 0 Å². The van der Waals surface area contributed by atoms with Gasteiger partial charge in [-0.05, 0) is 50.8 Å². The van der Waals surface area contributed by atoms with E-state index in [2.05, 4.69) is 10.1 Å². The predicted molar refractivity (Wildman–Crippen MR) is 118 cm³/mol. The summed E-state index contributed by atoms with van der Waals surface area (Å²) in [6.07, 6.45) is 4.43. The van der Waals surface area contributed by atoms with E-state index in [-0.39, 0.29) is 23.6 Å². The molecular weight excluding hydrogens is 396 g/mol. The van der Waals surface area contributed by atoms with Crippen molar-refractivity contribution < 1.29 is 14.3 Å². The molecule has 164 valence electrons. The van der Waals surface area contributed by atoms with Gasteiger partial charge in [0.15, 0.2) is 0 Å². The number of hydrogen-bond donors (Lipinski definition) is 1. The fraction of sp³-hybridized carbons (Fsp3) is 0.522. The Hall–Kier alpha value is -2.71. The second-order valence-corrected chi connectivity index (χ2v) is 8.48. The number of rotatable bonds is 4. The summed E-state index contributed by atoms with van der Waals surface area (Å²) >= 11 is 0. The molecule has 1 atom stereocenters. The number of aryl methyl sites for hydroxylation is 1. The second-order valence-electron chi connectivity index (χ2n) is 8.48. The van der Waals surface area contributed by atoms with Gasteiger partial charge in [-0.25, -0.2) is 0 Å². The molecule has 0 saturated carbocycles. The molecule has 5 rings (SSSR count). The Labute approximate surface area is 180 Å². The molecule has 2 fully saturated rings. The van der Waals surface area contributed by atoms with Gasteiger partial charge < -0.3 is 19.4 Å². The van der Waals surface area contributed by atoms with Crippen molar-refractivity contribution in [1.82, 2.24) is 19.7 Å². The van der Waals surface area contributed by atoms with Crippen LogP contribution >= 0.6 is 0 Å². The molecule has 3 aromatic rings. The van der Waals surface area contributed by atoms with Crippen LogP contribution in [-0.2, 0) is 9.47 Å². The molecule has 2 aliphatic heterocycles. The lowest BCUT2D eigenvalue weighted by Gasteiger charge is -2.32. The number of aromatic amines is 1. The van der Waals surface area contributed by atoms with Crippen LogP contribution in [0.4, 0.5) is 0 Å². The van der Waals surface area contributed by atoms with Crippen LogP contribution in [0.25, 0.3) is 21.8 Å². The number of piperidine rings is 1. The van der Waals surface area contributed by atoms with Crippen molar-refractivity contribution in [2.45, 2.75) is 45.3 Å². The van der Waals surface area contributed by atoms with Crippen molar-refractivity contribution in [2.75, 3.05) is 32.9 Å². The van der Waals surface area contributed by atoms with Gasteiger partial charge in [-0.2, -0.15) is 5.10 Å². The van der Waals surface area contributed by atoms with Gasteiger partial charge >= 0.3 is 0 Å². The fourth-order valence-electron chi connectivity index (χ4n) is 4.85. The number of aromatic nitrogens is 3. The maximum atomic E-state index is 13.4. The van der Waals surface area contributed by atoms with Crippen LogP contribution in [0.2, 0.25) is 0 Å². The van der Waals surface area contributed by atoms with Crippen molar-refractivity contribution in [3.63, 3.8) is 0 Å². The lowest BCUT2D eigenvalue weighted by Crippen LogP contribution is -2.41. The van der Waals surface area contributed by atoms with Gasteiger partial charge in [0.1, 0.15) is 0 Å². The summed E-state index contributed by atoms with van der Waals surface area (Å²) in [6, 6.07) is 3.92. The number of amides is 1. The summed E-state index contributed by atoms with van der Waals surface area (Å²) in [7, 11) is 0. The van der Waals surface area contributed by atoms with Crippen LogP contribution in [0.3, 0.4) is 0 Å². The third-order valence-electron chi connectivity index (χ3n) is 6.52. The predicted octanol–water partition coefficient (Wildman–Crippen LogP) is 2.79. The number of likely N-dealkylation sites (tertiary alicyclic amines) is 1. The van der Waals surface area contributed by atoms with E-state index in [9.17, 15) is 9.59 Å². The Kier molecular flexibility index (Phi) is 5.27. The van der Waals surface area contributed by atoms with E-state index in [0.717, 1.165) is 41.2 Å². The quantitative estimate of drug-likeness (QED) is 0.696. The summed E-state index contributed by atoms with van der Waals surface area (Å²) in [5.41, 5.74) is 2.87. The Balaban J connectivity index is 1.57. The fourth-order valence-corrected chi connectivity index (χ4v) is 4.85. The van der Waals surface area contributed by atoms with Gasteiger partial charge in [-0.15, -0.1) is 0 Å². The molecule has 0 bridgehead atoms. The van der Waals surface area contributed by atoms with E-state index in [1.165, 1.54) is 0 Å². The molecule has 4 heterocycles. The first-order valence-electron chi connectivity index (χ1n) is 11.1. The molecule has 31 heavy (non-hydrogen) atoms. The molecule has 1 amide bonds. The number of ether oxygens (including phenoxy) is 2. The van der Waals surface area contributed by atoms with E-state index in [4.69, 9.17) is 9.47 Å². The van der Waals surface area contributed by atoms with Crippen molar-refractivity contribution in [2.24, 2.45) is 0 Å². The first-order valence-corrected chi connectivity index (χ1v) is 11.1. The van der Waals surface area contributed by atoms with Gasteiger partial charge in [0.25, 0.3) is 11.5 Å². The van der Waals surface area contributed by atoms with Gasteiger partial charge in [0.05, 0.1) is 41.4 Å². The average molecular weight is 425 g/mol. The summed E-state index contributed by atoms with van der Waals surface area (Å²) in [5.74, 6) is 0.0314. The molecule has 2 aliphatic rings. The van der Waals surface area contributed by atoms with Crippen LogP contribution in [0.5, 0.6) is 0 Å².